The van der Waals surface area contributed by atoms with E-state index in [9.17, 15) is 4.79 Å². The molecule has 150 valence electrons. The predicted molar refractivity (Wildman–Crippen MR) is 117 cm³/mol. The van der Waals surface area contributed by atoms with Gasteiger partial charge in [0.15, 0.2) is 5.58 Å². The molecule has 3 heterocycles. The van der Waals surface area contributed by atoms with E-state index in [1.165, 1.54) is 11.8 Å². The van der Waals surface area contributed by atoms with Gasteiger partial charge in [0.25, 0.3) is 0 Å². The summed E-state index contributed by atoms with van der Waals surface area (Å²) in [4.78, 5) is 13.0. The fourth-order valence-electron chi connectivity index (χ4n) is 3.41. The summed E-state index contributed by atoms with van der Waals surface area (Å²) in [5.41, 5.74) is 5.71. The van der Waals surface area contributed by atoms with E-state index in [0.717, 1.165) is 50.7 Å². The van der Waals surface area contributed by atoms with Crippen LogP contribution < -0.4 is 5.32 Å². The molecule has 0 aliphatic rings. The van der Waals surface area contributed by atoms with Crippen molar-refractivity contribution in [3.05, 3.63) is 53.5 Å². The van der Waals surface area contributed by atoms with Gasteiger partial charge in [0.2, 0.25) is 5.91 Å². The summed E-state index contributed by atoms with van der Waals surface area (Å²) >= 11 is 1.45. The van der Waals surface area contributed by atoms with Gasteiger partial charge in [-0.25, -0.2) is 0 Å². The Bertz CT molecular complexity index is 1190. The van der Waals surface area contributed by atoms with Crippen molar-refractivity contribution in [2.75, 3.05) is 5.32 Å². The Morgan fingerprint density at radius 2 is 2.00 bits per heavy atom. The molecule has 0 aliphatic carbocycles. The number of aromatic nitrogens is 3. The van der Waals surface area contributed by atoms with Crippen molar-refractivity contribution in [3.8, 4) is 0 Å². The number of aryl methyl sites for hydroxylation is 3. The molecule has 6 nitrogen and oxygen atoms in total. The Balaban J connectivity index is 1.65. The van der Waals surface area contributed by atoms with Gasteiger partial charge in [-0.15, -0.1) is 10.2 Å². The molecule has 1 aromatic carbocycles. The molecule has 0 radical (unpaired) electrons. The number of thioether (sulfide) groups is 1. The molecule has 1 N–H and O–H groups in total. The van der Waals surface area contributed by atoms with Crippen molar-refractivity contribution >= 4 is 40.0 Å². The summed E-state index contributed by atoms with van der Waals surface area (Å²) in [5.74, 6) is 0.842. The number of nitrogens with one attached hydrogen (secondary N) is 1. The lowest BCUT2D eigenvalue weighted by molar-refractivity contribution is -0.115. The molecule has 29 heavy (non-hydrogen) atoms. The molecular formula is C22H24N4O2S. The minimum atomic E-state index is -0.276. The van der Waals surface area contributed by atoms with Crippen molar-refractivity contribution in [2.24, 2.45) is 0 Å². The van der Waals surface area contributed by atoms with E-state index in [4.69, 9.17) is 4.42 Å². The number of nitrogens with zero attached hydrogens (tertiary/aromatic N) is 3. The number of carbonyl (C=O) groups is 1. The maximum Gasteiger partial charge on any atom is 0.237 e. The summed E-state index contributed by atoms with van der Waals surface area (Å²) < 4.78 is 7.65. The molecule has 0 aliphatic heterocycles. The van der Waals surface area contributed by atoms with Crippen LogP contribution in [0.15, 0.2) is 46.0 Å². The van der Waals surface area contributed by atoms with E-state index in [-0.39, 0.29) is 11.2 Å². The molecular weight excluding hydrogens is 384 g/mol. The van der Waals surface area contributed by atoms with Gasteiger partial charge in [0, 0.05) is 24.2 Å². The van der Waals surface area contributed by atoms with Crippen LogP contribution >= 0.6 is 11.8 Å². The van der Waals surface area contributed by atoms with Crippen LogP contribution in [0.3, 0.4) is 0 Å². The third-order valence-electron chi connectivity index (χ3n) is 5.04. The number of amides is 1. The quantitative estimate of drug-likeness (QED) is 0.446. The normalized spacial score (nSPS) is 12.6. The highest BCUT2D eigenvalue weighted by Gasteiger charge is 2.23. The van der Waals surface area contributed by atoms with Crippen LogP contribution in [0.5, 0.6) is 0 Å². The smallest absolute Gasteiger partial charge is 0.237 e. The van der Waals surface area contributed by atoms with E-state index in [1.54, 1.807) is 6.26 Å². The molecule has 0 saturated heterocycles. The zero-order valence-electron chi connectivity index (χ0n) is 17.0. The van der Waals surface area contributed by atoms with Gasteiger partial charge in [0.1, 0.15) is 10.9 Å². The van der Waals surface area contributed by atoms with Gasteiger partial charge < -0.3 is 9.73 Å². The van der Waals surface area contributed by atoms with Crippen LogP contribution in [0.1, 0.15) is 37.2 Å². The SMILES string of the molecule is CCc1nnc(S[C@H](CC)C(=O)Nc2cc(C)ccc2C)c2cc3occc3n12. The lowest BCUT2D eigenvalue weighted by Gasteiger charge is -2.16. The van der Waals surface area contributed by atoms with Crippen LogP contribution in [-0.2, 0) is 11.2 Å². The Labute approximate surface area is 173 Å². The first kappa shape index (κ1) is 19.5. The Hall–Kier alpha value is -2.80. The summed E-state index contributed by atoms with van der Waals surface area (Å²) in [6, 6.07) is 9.97. The van der Waals surface area contributed by atoms with E-state index in [1.807, 2.05) is 51.1 Å². The van der Waals surface area contributed by atoms with E-state index in [2.05, 4.69) is 26.8 Å². The second-order valence-corrected chi connectivity index (χ2v) is 8.32. The summed E-state index contributed by atoms with van der Waals surface area (Å²) in [6.45, 7) is 8.08. The van der Waals surface area contributed by atoms with E-state index >= 15 is 0 Å². The van der Waals surface area contributed by atoms with Gasteiger partial charge in [-0.05, 0) is 37.5 Å². The monoisotopic (exact) mass is 408 g/mol. The third kappa shape index (κ3) is 3.62. The molecule has 0 spiro atoms. The number of rotatable bonds is 6. The van der Waals surface area contributed by atoms with Gasteiger partial charge in [-0.1, -0.05) is 37.7 Å². The Morgan fingerprint density at radius 3 is 2.76 bits per heavy atom. The highest BCUT2D eigenvalue weighted by Crippen LogP contribution is 2.32. The van der Waals surface area contributed by atoms with Crippen molar-refractivity contribution < 1.29 is 9.21 Å². The number of hydrogen-bond acceptors (Lipinski definition) is 5. The molecule has 0 unspecified atom stereocenters. The van der Waals surface area contributed by atoms with Gasteiger partial charge in [0.05, 0.1) is 22.5 Å². The van der Waals surface area contributed by atoms with E-state index < -0.39 is 0 Å². The predicted octanol–water partition coefficient (Wildman–Crippen LogP) is 5.16. The van der Waals surface area contributed by atoms with Gasteiger partial charge in [-0.3, -0.25) is 9.20 Å². The maximum atomic E-state index is 13.0. The second kappa shape index (κ2) is 7.91. The zero-order valence-corrected chi connectivity index (χ0v) is 17.8. The number of furan rings is 1. The minimum absolute atomic E-state index is 0.0269. The highest BCUT2D eigenvalue weighted by molar-refractivity contribution is 8.00. The van der Waals surface area contributed by atoms with E-state index in [0.29, 0.717) is 6.42 Å². The molecule has 4 aromatic rings. The van der Waals surface area contributed by atoms with Crippen molar-refractivity contribution in [2.45, 2.75) is 50.8 Å². The van der Waals surface area contributed by atoms with Crippen LogP contribution in [0.25, 0.3) is 16.6 Å². The first-order valence-corrected chi connectivity index (χ1v) is 10.7. The van der Waals surface area contributed by atoms with Crippen molar-refractivity contribution in [3.63, 3.8) is 0 Å². The summed E-state index contributed by atoms with van der Waals surface area (Å²) in [6.07, 6.45) is 3.12. The molecule has 3 aromatic heterocycles. The fourth-order valence-corrected chi connectivity index (χ4v) is 4.37. The average molecular weight is 409 g/mol. The summed E-state index contributed by atoms with van der Waals surface area (Å²) in [7, 11) is 0. The molecule has 7 heteroatoms. The Morgan fingerprint density at radius 1 is 1.17 bits per heavy atom. The number of fused-ring (bicyclic) bond motifs is 3. The number of anilines is 1. The first-order valence-electron chi connectivity index (χ1n) is 9.80. The summed E-state index contributed by atoms with van der Waals surface area (Å²) in [5, 5.41) is 12.4. The van der Waals surface area contributed by atoms with Crippen LogP contribution in [0.4, 0.5) is 5.69 Å². The Kier molecular flexibility index (Phi) is 5.32. The lowest BCUT2D eigenvalue weighted by atomic mass is 10.1. The standard InChI is InChI=1S/C22H24N4O2S/c1-5-19(21(27)23-15-11-13(3)7-8-14(15)4)29-22-17-12-18-16(9-10-28-18)26(17)20(6-2)24-25-22/h7-12,19H,5-6H2,1-4H3,(H,23,27)/t19-/m1/s1. The first-order chi connectivity index (χ1) is 14.0. The lowest BCUT2D eigenvalue weighted by Crippen LogP contribution is -2.25. The van der Waals surface area contributed by atoms with Crippen LogP contribution in [0.2, 0.25) is 0 Å². The molecule has 1 amide bonds. The highest BCUT2D eigenvalue weighted by atomic mass is 32.2. The van der Waals surface area contributed by atoms with Crippen molar-refractivity contribution in [1.29, 1.82) is 0 Å². The number of carbonyl (C=O) groups excluding carboxylic acids is 1. The largest absolute Gasteiger partial charge is 0.463 e. The molecule has 1 atom stereocenters. The number of hydrogen-bond donors (Lipinski definition) is 1. The van der Waals surface area contributed by atoms with Gasteiger partial charge in [-0.2, -0.15) is 0 Å². The minimum Gasteiger partial charge on any atom is -0.463 e. The van der Waals surface area contributed by atoms with Crippen LogP contribution in [-0.4, -0.2) is 25.8 Å². The fraction of sp³-hybridized carbons (Fsp3) is 0.318. The van der Waals surface area contributed by atoms with Gasteiger partial charge >= 0.3 is 0 Å². The molecule has 4 rings (SSSR count). The van der Waals surface area contributed by atoms with Crippen LogP contribution in [0, 0.1) is 13.8 Å². The third-order valence-corrected chi connectivity index (χ3v) is 6.39. The molecule has 0 bridgehead atoms. The molecule has 0 saturated carbocycles. The second-order valence-electron chi connectivity index (χ2n) is 7.13. The maximum absolute atomic E-state index is 13.0. The topological polar surface area (TPSA) is 72.4 Å². The average Bonchev–Trinajstić information content (AvgIpc) is 3.30. The molecule has 0 fully saturated rings. The zero-order chi connectivity index (χ0) is 20.5. The van der Waals surface area contributed by atoms with Crippen molar-refractivity contribution in [1.82, 2.24) is 14.6 Å². The number of benzene rings is 1.